The van der Waals surface area contributed by atoms with Gasteiger partial charge < -0.3 is 10.0 Å². The van der Waals surface area contributed by atoms with Gasteiger partial charge in [-0.1, -0.05) is 18.2 Å². The third kappa shape index (κ3) is 9.18. The first kappa shape index (κ1) is 31.9. The number of hydrogen-bond acceptors (Lipinski definition) is 7. The van der Waals surface area contributed by atoms with Gasteiger partial charge in [-0.3, -0.25) is 4.90 Å². The van der Waals surface area contributed by atoms with Gasteiger partial charge in [0.15, 0.2) is 5.03 Å². The zero-order valence-electron chi connectivity index (χ0n) is 22.3. The summed E-state index contributed by atoms with van der Waals surface area (Å²) in [6.45, 7) is 4.38. The molecule has 2 aromatic heterocycles. The van der Waals surface area contributed by atoms with Gasteiger partial charge in [0, 0.05) is 32.7 Å². The van der Waals surface area contributed by atoms with Gasteiger partial charge in [0.2, 0.25) is 15.8 Å². The highest BCUT2D eigenvalue weighted by Gasteiger charge is 2.38. The maximum absolute atomic E-state index is 13.5. The molecule has 0 bridgehead atoms. The molecule has 1 aromatic carbocycles. The Labute approximate surface area is 234 Å². The summed E-state index contributed by atoms with van der Waals surface area (Å²) < 4.78 is 84.1. The summed E-state index contributed by atoms with van der Waals surface area (Å²) in [6, 6.07) is 12.7. The van der Waals surface area contributed by atoms with E-state index in [1.165, 1.54) is 24.3 Å². The highest BCUT2D eigenvalue weighted by atomic mass is 32.2. The monoisotopic (exact) mass is 600 g/mol. The van der Waals surface area contributed by atoms with Gasteiger partial charge in [-0.2, -0.15) is 17.6 Å². The number of halogens is 5. The van der Waals surface area contributed by atoms with Gasteiger partial charge in [-0.25, -0.2) is 27.6 Å². The normalized spacial score (nSPS) is 14.7. The SMILES string of the molecule is Cc1cc(S(=O)(=O)Cc2cccc(F)n2)ncc1N(C)C1CCN(Cc2cccc(F)c2)CC1.O=C(O)C(F)(F)F. The number of aromatic nitrogens is 2. The van der Waals surface area contributed by atoms with Crippen LogP contribution >= 0.6 is 0 Å². The lowest BCUT2D eigenvalue weighted by Crippen LogP contribution is -2.43. The van der Waals surface area contributed by atoms with Crippen molar-refractivity contribution < 1.29 is 40.3 Å². The standard InChI is InChI=1S/C25H28F2N4O2S.C2HF3O2/c1-18-13-25(34(32,33)17-21-7-4-8-24(27)29-21)28-15-23(18)30(2)22-9-11-31(12-10-22)16-19-5-3-6-20(26)14-19;3-2(4,5)1(6)7/h3-8,13-15,22H,9-12,16-17H2,1-2H3;(H,6,7). The number of piperidine rings is 1. The minimum Gasteiger partial charge on any atom is -0.475 e. The van der Waals surface area contributed by atoms with Crippen LogP contribution in [-0.4, -0.2) is 66.7 Å². The minimum absolute atomic E-state index is 0.0434. The molecular weight excluding hydrogens is 571 g/mol. The van der Waals surface area contributed by atoms with E-state index in [1.807, 2.05) is 20.0 Å². The molecule has 0 unspecified atom stereocenters. The van der Waals surface area contributed by atoms with Crippen LogP contribution in [0.25, 0.3) is 0 Å². The quantitative estimate of drug-likeness (QED) is 0.306. The average Bonchev–Trinajstić information content (AvgIpc) is 2.88. The van der Waals surface area contributed by atoms with Crippen molar-refractivity contribution in [2.45, 2.75) is 49.3 Å². The second kappa shape index (κ2) is 13.3. The fourth-order valence-electron chi connectivity index (χ4n) is 4.42. The molecule has 0 saturated carbocycles. The van der Waals surface area contributed by atoms with Gasteiger partial charge in [0.25, 0.3) is 0 Å². The Kier molecular flexibility index (Phi) is 10.4. The number of aliphatic carboxylic acids is 1. The summed E-state index contributed by atoms with van der Waals surface area (Å²) in [5, 5.41) is 7.08. The largest absolute Gasteiger partial charge is 0.490 e. The van der Waals surface area contributed by atoms with Crippen LogP contribution in [0.3, 0.4) is 0 Å². The summed E-state index contributed by atoms with van der Waals surface area (Å²) in [4.78, 5) is 21.2. The van der Waals surface area contributed by atoms with Gasteiger partial charge in [0.1, 0.15) is 5.82 Å². The number of benzene rings is 1. The lowest BCUT2D eigenvalue weighted by molar-refractivity contribution is -0.192. The number of carboxylic acid groups (broad SMARTS) is 1. The third-order valence-corrected chi connectivity index (χ3v) is 8.05. The van der Waals surface area contributed by atoms with Gasteiger partial charge in [-0.15, -0.1) is 0 Å². The van der Waals surface area contributed by atoms with Crippen molar-refractivity contribution in [3.05, 3.63) is 83.3 Å². The van der Waals surface area contributed by atoms with Crippen molar-refractivity contribution in [3.63, 3.8) is 0 Å². The summed E-state index contributed by atoms with van der Waals surface area (Å²) in [6.07, 6.45) is -1.60. The predicted molar refractivity (Wildman–Crippen MR) is 141 cm³/mol. The van der Waals surface area contributed by atoms with Crippen molar-refractivity contribution in [1.82, 2.24) is 14.9 Å². The molecular formula is C27H29F5N4O4S. The second-order valence-electron chi connectivity index (χ2n) is 9.57. The Balaban J connectivity index is 0.000000587. The molecule has 0 amide bonds. The number of carbonyl (C=O) groups is 1. The van der Waals surface area contributed by atoms with Crippen molar-refractivity contribution in [3.8, 4) is 0 Å². The molecule has 1 aliphatic heterocycles. The third-order valence-electron chi connectivity index (χ3n) is 6.51. The van der Waals surface area contributed by atoms with Crippen LogP contribution < -0.4 is 4.90 Å². The highest BCUT2D eigenvalue weighted by molar-refractivity contribution is 7.90. The zero-order valence-corrected chi connectivity index (χ0v) is 23.1. The topological polar surface area (TPSA) is 104 Å². The number of rotatable bonds is 7. The number of hydrogen-bond donors (Lipinski definition) is 1. The van der Waals surface area contributed by atoms with E-state index in [4.69, 9.17) is 9.90 Å². The van der Waals surface area contributed by atoms with E-state index in [-0.39, 0.29) is 16.5 Å². The zero-order chi connectivity index (χ0) is 30.4. The number of aryl methyl sites for hydroxylation is 1. The first-order valence-electron chi connectivity index (χ1n) is 12.5. The van der Waals surface area contributed by atoms with Crippen LogP contribution in [-0.2, 0) is 26.9 Å². The molecule has 3 heterocycles. The fourth-order valence-corrected chi connectivity index (χ4v) is 5.68. The lowest BCUT2D eigenvalue weighted by Gasteiger charge is -2.38. The number of alkyl halides is 3. The lowest BCUT2D eigenvalue weighted by atomic mass is 10.0. The Bertz CT molecular complexity index is 1460. The number of likely N-dealkylation sites (tertiary alicyclic amines) is 1. The van der Waals surface area contributed by atoms with Crippen LogP contribution in [0.15, 0.2) is 59.8 Å². The predicted octanol–water partition coefficient (Wildman–Crippen LogP) is 4.77. The summed E-state index contributed by atoms with van der Waals surface area (Å²) in [7, 11) is -1.75. The van der Waals surface area contributed by atoms with E-state index in [2.05, 4.69) is 19.8 Å². The summed E-state index contributed by atoms with van der Waals surface area (Å²) in [5.41, 5.74) is 2.81. The van der Waals surface area contributed by atoms with Crippen LogP contribution in [0.1, 0.15) is 29.7 Å². The number of carboxylic acids is 1. The van der Waals surface area contributed by atoms with E-state index in [1.54, 1.807) is 24.4 Å². The molecule has 222 valence electrons. The number of pyridine rings is 2. The van der Waals surface area contributed by atoms with Crippen molar-refractivity contribution >= 4 is 21.5 Å². The molecule has 3 aromatic rings. The van der Waals surface area contributed by atoms with E-state index in [9.17, 15) is 30.4 Å². The first-order chi connectivity index (χ1) is 19.2. The van der Waals surface area contributed by atoms with E-state index >= 15 is 0 Å². The molecule has 0 radical (unpaired) electrons. The molecule has 1 fully saturated rings. The average molecular weight is 601 g/mol. The van der Waals surface area contributed by atoms with E-state index < -0.39 is 33.7 Å². The maximum atomic E-state index is 13.5. The van der Waals surface area contributed by atoms with E-state index in [0.717, 1.165) is 49.3 Å². The molecule has 14 heteroatoms. The van der Waals surface area contributed by atoms with Crippen LogP contribution in [0.5, 0.6) is 0 Å². The molecule has 4 rings (SSSR count). The molecule has 0 spiro atoms. The Hall–Kier alpha value is -3.65. The van der Waals surface area contributed by atoms with Crippen molar-refractivity contribution in [1.29, 1.82) is 0 Å². The second-order valence-corrected chi connectivity index (χ2v) is 11.5. The Morgan fingerprint density at radius 3 is 2.29 bits per heavy atom. The molecule has 1 N–H and O–H groups in total. The van der Waals surface area contributed by atoms with Crippen LogP contribution in [0, 0.1) is 18.7 Å². The smallest absolute Gasteiger partial charge is 0.475 e. The summed E-state index contributed by atoms with van der Waals surface area (Å²) >= 11 is 0. The first-order valence-corrected chi connectivity index (χ1v) is 14.1. The highest BCUT2D eigenvalue weighted by Crippen LogP contribution is 2.27. The maximum Gasteiger partial charge on any atom is 0.490 e. The number of anilines is 1. The van der Waals surface area contributed by atoms with E-state index in [0.29, 0.717) is 6.04 Å². The molecule has 0 aliphatic carbocycles. The summed E-state index contributed by atoms with van der Waals surface area (Å²) in [5.74, 6) is -4.09. The Morgan fingerprint density at radius 1 is 1.10 bits per heavy atom. The van der Waals surface area contributed by atoms with Crippen molar-refractivity contribution in [2.24, 2.45) is 0 Å². The van der Waals surface area contributed by atoms with Crippen LogP contribution in [0.4, 0.5) is 27.6 Å². The molecule has 1 saturated heterocycles. The van der Waals surface area contributed by atoms with Gasteiger partial charge in [-0.05, 0) is 61.2 Å². The molecule has 8 nitrogen and oxygen atoms in total. The molecule has 1 aliphatic rings. The number of sulfone groups is 1. The molecule has 0 atom stereocenters. The van der Waals surface area contributed by atoms with Crippen LogP contribution in [0.2, 0.25) is 0 Å². The van der Waals surface area contributed by atoms with Gasteiger partial charge in [0.05, 0.1) is 23.3 Å². The molecule has 41 heavy (non-hydrogen) atoms. The Morgan fingerprint density at radius 2 is 1.73 bits per heavy atom. The minimum atomic E-state index is -5.08. The number of nitrogens with zero attached hydrogens (tertiary/aromatic N) is 4. The fraction of sp³-hybridized carbons (Fsp3) is 0.370. The van der Waals surface area contributed by atoms with Crippen molar-refractivity contribution in [2.75, 3.05) is 25.0 Å². The van der Waals surface area contributed by atoms with Gasteiger partial charge >= 0.3 is 12.1 Å².